The molecule has 0 bridgehead atoms. The largest absolute Gasteiger partial charge is 0.310 e. The summed E-state index contributed by atoms with van der Waals surface area (Å²) in [5.74, 6) is 0.574. The van der Waals surface area contributed by atoms with Crippen molar-refractivity contribution in [1.82, 2.24) is 19.7 Å². The first-order chi connectivity index (χ1) is 14.5. The average molecular weight is 401 g/mol. The number of hydrogen-bond acceptors (Lipinski definition) is 4. The number of rotatable bonds is 5. The zero-order chi connectivity index (χ0) is 21.3. The standard InChI is InChI=1S/C23H23N5O2/c1-4-18-15(3)24-23(26-22(18)30)28-20(12-14(2)27-28)25-21(29)13-17-10-7-9-16-8-5-6-11-19(16)17/h5-12H,4,13H2,1-3H3,(H,25,29)(H,24,26,30). The minimum atomic E-state index is -0.193. The smallest absolute Gasteiger partial charge is 0.255 e. The number of aromatic amines is 1. The lowest BCUT2D eigenvalue weighted by Crippen LogP contribution is -2.22. The highest BCUT2D eigenvalue weighted by atomic mass is 16.1. The van der Waals surface area contributed by atoms with Gasteiger partial charge in [-0.3, -0.25) is 14.6 Å². The number of nitrogens with one attached hydrogen (secondary N) is 2. The van der Waals surface area contributed by atoms with E-state index in [0.29, 0.717) is 29.2 Å². The molecule has 4 aromatic rings. The molecule has 0 fully saturated rings. The minimum absolute atomic E-state index is 0.170. The third-order valence-electron chi connectivity index (χ3n) is 5.09. The number of hydrogen-bond donors (Lipinski definition) is 2. The molecular formula is C23H23N5O2. The van der Waals surface area contributed by atoms with Gasteiger partial charge in [0.05, 0.1) is 12.1 Å². The highest BCUT2D eigenvalue weighted by Crippen LogP contribution is 2.20. The van der Waals surface area contributed by atoms with Crippen molar-refractivity contribution in [3.63, 3.8) is 0 Å². The van der Waals surface area contributed by atoms with E-state index in [9.17, 15) is 9.59 Å². The van der Waals surface area contributed by atoms with Crippen LogP contribution in [0.15, 0.2) is 53.3 Å². The summed E-state index contributed by atoms with van der Waals surface area (Å²) in [5, 5.41) is 9.45. The Morgan fingerprint density at radius 1 is 1.13 bits per heavy atom. The first-order valence-corrected chi connectivity index (χ1v) is 9.89. The van der Waals surface area contributed by atoms with Gasteiger partial charge in [-0.25, -0.2) is 4.98 Å². The molecule has 2 aromatic heterocycles. The summed E-state index contributed by atoms with van der Waals surface area (Å²) in [6.45, 7) is 5.53. The molecule has 2 heterocycles. The zero-order valence-corrected chi connectivity index (χ0v) is 17.2. The molecule has 0 saturated heterocycles. The fraction of sp³-hybridized carbons (Fsp3) is 0.217. The number of nitrogens with zero attached hydrogens (tertiary/aromatic N) is 3. The molecule has 0 saturated carbocycles. The van der Waals surface area contributed by atoms with E-state index in [1.165, 1.54) is 4.68 Å². The van der Waals surface area contributed by atoms with Gasteiger partial charge in [-0.1, -0.05) is 49.4 Å². The second-order valence-corrected chi connectivity index (χ2v) is 7.25. The van der Waals surface area contributed by atoms with Crippen LogP contribution >= 0.6 is 0 Å². The maximum Gasteiger partial charge on any atom is 0.255 e. The van der Waals surface area contributed by atoms with E-state index >= 15 is 0 Å². The molecule has 0 unspecified atom stereocenters. The number of anilines is 1. The van der Waals surface area contributed by atoms with Gasteiger partial charge in [0.15, 0.2) is 0 Å². The van der Waals surface area contributed by atoms with Gasteiger partial charge in [0.1, 0.15) is 5.82 Å². The third-order valence-corrected chi connectivity index (χ3v) is 5.09. The quantitative estimate of drug-likeness (QED) is 0.536. The summed E-state index contributed by atoms with van der Waals surface area (Å²) >= 11 is 0. The number of carbonyl (C=O) groups excluding carboxylic acids is 1. The predicted octanol–water partition coefficient (Wildman–Crippen LogP) is 3.47. The van der Waals surface area contributed by atoms with Crippen LogP contribution in [-0.2, 0) is 17.6 Å². The summed E-state index contributed by atoms with van der Waals surface area (Å²) in [4.78, 5) is 32.4. The summed E-state index contributed by atoms with van der Waals surface area (Å²) in [6, 6.07) is 15.7. The molecule has 2 aromatic carbocycles. The number of aryl methyl sites for hydroxylation is 2. The van der Waals surface area contributed by atoms with E-state index in [1.807, 2.05) is 56.3 Å². The van der Waals surface area contributed by atoms with Gasteiger partial charge in [-0.15, -0.1) is 0 Å². The van der Waals surface area contributed by atoms with E-state index in [2.05, 4.69) is 20.4 Å². The third kappa shape index (κ3) is 3.74. The molecule has 30 heavy (non-hydrogen) atoms. The molecule has 0 aliphatic carbocycles. The number of carbonyl (C=O) groups is 1. The van der Waals surface area contributed by atoms with Crippen molar-refractivity contribution in [1.29, 1.82) is 0 Å². The summed E-state index contributed by atoms with van der Waals surface area (Å²) in [6.07, 6.45) is 0.824. The number of benzene rings is 2. The second kappa shape index (κ2) is 7.94. The van der Waals surface area contributed by atoms with E-state index in [1.54, 1.807) is 13.0 Å². The number of fused-ring (bicyclic) bond motifs is 1. The Morgan fingerprint density at radius 2 is 1.90 bits per heavy atom. The Kier molecular flexibility index (Phi) is 5.18. The maximum absolute atomic E-state index is 12.8. The zero-order valence-electron chi connectivity index (χ0n) is 17.2. The van der Waals surface area contributed by atoms with Crippen molar-refractivity contribution >= 4 is 22.5 Å². The van der Waals surface area contributed by atoms with E-state index < -0.39 is 0 Å². The Balaban J connectivity index is 1.63. The van der Waals surface area contributed by atoms with Gasteiger partial charge < -0.3 is 5.32 Å². The van der Waals surface area contributed by atoms with Gasteiger partial charge in [0, 0.05) is 17.3 Å². The Hall–Kier alpha value is -3.74. The van der Waals surface area contributed by atoms with Crippen molar-refractivity contribution in [2.45, 2.75) is 33.6 Å². The molecular weight excluding hydrogens is 378 g/mol. The molecule has 0 spiro atoms. The minimum Gasteiger partial charge on any atom is -0.310 e. The lowest BCUT2D eigenvalue weighted by Gasteiger charge is -2.11. The van der Waals surface area contributed by atoms with Gasteiger partial charge >= 0.3 is 0 Å². The Labute approximate surface area is 173 Å². The summed E-state index contributed by atoms with van der Waals surface area (Å²) in [5.41, 5.74) is 2.75. The predicted molar refractivity (Wildman–Crippen MR) is 117 cm³/mol. The molecule has 1 amide bonds. The highest BCUT2D eigenvalue weighted by molar-refractivity contribution is 5.95. The van der Waals surface area contributed by atoms with Crippen LogP contribution in [0.2, 0.25) is 0 Å². The molecule has 0 radical (unpaired) electrons. The topological polar surface area (TPSA) is 92.7 Å². The van der Waals surface area contributed by atoms with E-state index in [4.69, 9.17) is 0 Å². The number of H-pyrrole nitrogens is 1. The van der Waals surface area contributed by atoms with E-state index in [0.717, 1.165) is 16.3 Å². The van der Waals surface area contributed by atoms with Gasteiger partial charge in [-0.2, -0.15) is 9.78 Å². The molecule has 0 atom stereocenters. The van der Waals surface area contributed by atoms with Crippen molar-refractivity contribution in [3.8, 4) is 5.95 Å². The van der Waals surface area contributed by atoms with Crippen LogP contribution in [0.1, 0.15) is 29.4 Å². The van der Waals surface area contributed by atoms with Crippen molar-refractivity contribution in [3.05, 3.63) is 81.4 Å². The number of amides is 1. The van der Waals surface area contributed by atoms with Crippen LogP contribution in [-0.4, -0.2) is 25.7 Å². The van der Waals surface area contributed by atoms with Crippen LogP contribution < -0.4 is 10.9 Å². The summed E-state index contributed by atoms with van der Waals surface area (Å²) in [7, 11) is 0. The molecule has 4 rings (SSSR count). The van der Waals surface area contributed by atoms with Crippen LogP contribution in [0.3, 0.4) is 0 Å². The van der Waals surface area contributed by atoms with Gasteiger partial charge in [-0.05, 0) is 36.6 Å². The SMILES string of the molecule is CCc1c(C)nc(-n2nc(C)cc2NC(=O)Cc2cccc3ccccc23)[nH]c1=O. The Morgan fingerprint density at radius 3 is 2.67 bits per heavy atom. The average Bonchev–Trinajstić information content (AvgIpc) is 3.08. The molecule has 2 N–H and O–H groups in total. The highest BCUT2D eigenvalue weighted by Gasteiger charge is 2.15. The second-order valence-electron chi connectivity index (χ2n) is 7.25. The first-order valence-electron chi connectivity index (χ1n) is 9.89. The van der Waals surface area contributed by atoms with Crippen molar-refractivity contribution in [2.24, 2.45) is 0 Å². The van der Waals surface area contributed by atoms with Crippen LogP contribution in [0.5, 0.6) is 0 Å². The molecule has 7 heteroatoms. The normalized spacial score (nSPS) is 11.0. The lowest BCUT2D eigenvalue weighted by molar-refractivity contribution is -0.115. The lowest BCUT2D eigenvalue weighted by atomic mass is 10.0. The van der Waals surface area contributed by atoms with Crippen LogP contribution in [0.25, 0.3) is 16.7 Å². The Bertz CT molecular complexity index is 1300. The fourth-order valence-electron chi connectivity index (χ4n) is 3.67. The number of aromatic nitrogens is 4. The molecule has 7 nitrogen and oxygen atoms in total. The van der Waals surface area contributed by atoms with Gasteiger partial charge in [0.25, 0.3) is 5.56 Å². The van der Waals surface area contributed by atoms with Crippen LogP contribution in [0, 0.1) is 13.8 Å². The van der Waals surface area contributed by atoms with Crippen LogP contribution in [0.4, 0.5) is 5.82 Å². The van der Waals surface area contributed by atoms with E-state index in [-0.39, 0.29) is 23.8 Å². The molecule has 0 aliphatic heterocycles. The first kappa shape index (κ1) is 19.6. The fourth-order valence-corrected chi connectivity index (χ4v) is 3.67. The van der Waals surface area contributed by atoms with Crippen molar-refractivity contribution < 1.29 is 4.79 Å². The maximum atomic E-state index is 12.8. The molecule has 0 aliphatic rings. The van der Waals surface area contributed by atoms with Gasteiger partial charge in [0.2, 0.25) is 11.9 Å². The summed E-state index contributed by atoms with van der Waals surface area (Å²) < 4.78 is 1.46. The molecule has 152 valence electrons. The van der Waals surface area contributed by atoms with Crippen molar-refractivity contribution in [2.75, 3.05) is 5.32 Å². The monoisotopic (exact) mass is 401 g/mol.